The van der Waals surface area contributed by atoms with Gasteiger partial charge in [0.1, 0.15) is 0 Å². The van der Waals surface area contributed by atoms with Gasteiger partial charge >= 0.3 is 0 Å². The highest BCUT2D eigenvalue weighted by Gasteiger charge is 2.23. The summed E-state index contributed by atoms with van der Waals surface area (Å²) in [7, 11) is 0. The van der Waals surface area contributed by atoms with Gasteiger partial charge in [-0.1, -0.05) is 58.9 Å². The summed E-state index contributed by atoms with van der Waals surface area (Å²) in [5.41, 5.74) is 2.86. The molecular weight excluding hydrogens is 208 g/mol. The van der Waals surface area contributed by atoms with Crippen LogP contribution in [0.15, 0.2) is 24.3 Å². The molecule has 0 saturated carbocycles. The van der Waals surface area contributed by atoms with Crippen molar-refractivity contribution < 1.29 is 5.11 Å². The van der Waals surface area contributed by atoms with Crippen molar-refractivity contribution in [3.05, 3.63) is 35.4 Å². The Morgan fingerprint density at radius 2 is 1.59 bits per heavy atom. The zero-order valence-corrected chi connectivity index (χ0v) is 11.8. The molecule has 0 heterocycles. The highest BCUT2D eigenvalue weighted by molar-refractivity contribution is 5.25. The Morgan fingerprint density at radius 1 is 1.06 bits per heavy atom. The van der Waals surface area contributed by atoms with Crippen LogP contribution >= 0.6 is 0 Å². The van der Waals surface area contributed by atoms with Crippen molar-refractivity contribution in [1.29, 1.82) is 0 Å². The molecule has 1 N–H and O–H groups in total. The molecule has 1 aromatic carbocycles. The summed E-state index contributed by atoms with van der Waals surface area (Å²) >= 11 is 0. The van der Waals surface area contributed by atoms with E-state index in [9.17, 15) is 5.11 Å². The van der Waals surface area contributed by atoms with Crippen LogP contribution in [-0.2, 0) is 6.42 Å². The van der Waals surface area contributed by atoms with E-state index >= 15 is 0 Å². The molecule has 0 aliphatic heterocycles. The van der Waals surface area contributed by atoms with Gasteiger partial charge in [0.05, 0.1) is 0 Å². The smallest absolute Gasteiger partial charge is 0.0467 e. The van der Waals surface area contributed by atoms with Crippen LogP contribution < -0.4 is 0 Å². The van der Waals surface area contributed by atoms with Crippen molar-refractivity contribution in [2.24, 2.45) is 11.3 Å². The molecule has 0 saturated heterocycles. The molecule has 17 heavy (non-hydrogen) atoms. The minimum absolute atomic E-state index is 0.158. The molecule has 1 unspecified atom stereocenters. The van der Waals surface area contributed by atoms with E-state index < -0.39 is 0 Å². The average Bonchev–Trinajstić information content (AvgIpc) is 2.24. The molecule has 0 fully saturated rings. The van der Waals surface area contributed by atoms with E-state index in [0.29, 0.717) is 11.8 Å². The van der Waals surface area contributed by atoms with Crippen LogP contribution in [-0.4, -0.2) is 11.7 Å². The Balaban J connectivity index is 2.74. The van der Waals surface area contributed by atoms with Gasteiger partial charge in [-0.3, -0.25) is 0 Å². The lowest BCUT2D eigenvalue weighted by Crippen LogP contribution is -2.25. The third-order valence-corrected chi connectivity index (χ3v) is 3.57. The second kappa shape index (κ2) is 5.68. The fraction of sp³-hybridized carbons (Fsp3) is 0.625. The van der Waals surface area contributed by atoms with Crippen molar-refractivity contribution in [3.8, 4) is 0 Å². The molecule has 1 atom stereocenters. The van der Waals surface area contributed by atoms with E-state index in [1.165, 1.54) is 11.1 Å². The first-order valence-electron chi connectivity index (χ1n) is 6.54. The van der Waals surface area contributed by atoms with Crippen molar-refractivity contribution >= 4 is 0 Å². The maximum Gasteiger partial charge on any atom is 0.0467 e. The highest BCUT2D eigenvalue weighted by Crippen LogP contribution is 2.29. The lowest BCUT2D eigenvalue weighted by Gasteiger charge is -2.29. The molecule has 1 nitrogen and oxygen atoms in total. The van der Waals surface area contributed by atoms with Crippen LogP contribution in [0.1, 0.15) is 51.7 Å². The Labute approximate surface area is 106 Å². The quantitative estimate of drug-likeness (QED) is 0.834. The van der Waals surface area contributed by atoms with Crippen LogP contribution in [0.5, 0.6) is 0 Å². The molecule has 0 aromatic heterocycles. The van der Waals surface area contributed by atoms with Gasteiger partial charge in [-0.05, 0) is 34.8 Å². The van der Waals surface area contributed by atoms with E-state index in [1.807, 2.05) is 0 Å². The van der Waals surface area contributed by atoms with Crippen LogP contribution in [0.2, 0.25) is 0 Å². The van der Waals surface area contributed by atoms with Crippen molar-refractivity contribution in [2.75, 3.05) is 6.61 Å². The third kappa shape index (κ3) is 4.16. The summed E-state index contributed by atoms with van der Waals surface area (Å²) in [5, 5.41) is 9.47. The highest BCUT2D eigenvalue weighted by atomic mass is 16.3. The van der Waals surface area contributed by atoms with Gasteiger partial charge in [0.25, 0.3) is 0 Å². The maximum atomic E-state index is 9.47. The summed E-state index contributed by atoms with van der Waals surface area (Å²) in [5.74, 6) is 0.910. The first kappa shape index (κ1) is 14.2. The second-order valence-corrected chi connectivity index (χ2v) is 6.35. The molecule has 0 amide bonds. The van der Waals surface area contributed by atoms with E-state index in [-0.39, 0.29) is 12.0 Å². The van der Waals surface area contributed by atoms with Crippen molar-refractivity contribution in [3.63, 3.8) is 0 Å². The molecule has 1 rings (SSSR count). The van der Waals surface area contributed by atoms with Crippen LogP contribution in [0.3, 0.4) is 0 Å². The minimum atomic E-state index is 0.158. The lowest BCUT2D eigenvalue weighted by molar-refractivity contribution is 0.131. The number of aliphatic hydroxyl groups excluding tert-OH is 1. The van der Waals surface area contributed by atoms with Gasteiger partial charge in [0.15, 0.2) is 0 Å². The maximum absolute atomic E-state index is 9.47. The topological polar surface area (TPSA) is 20.2 Å². The number of hydrogen-bond donors (Lipinski definition) is 1. The molecule has 0 aliphatic rings. The van der Waals surface area contributed by atoms with Crippen LogP contribution in [0.4, 0.5) is 0 Å². The normalized spacial score (nSPS) is 14.1. The van der Waals surface area contributed by atoms with Crippen LogP contribution in [0, 0.1) is 11.3 Å². The Bertz CT molecular complexity index is 330. The summed E-state index contributed by atoms with van der Waals surface area (Å²) in [6.45, 7) is 11.2. The van der Waals surface area contributed by atoms with Crippen molar-refractivity contribution in [1.82, 2.24) is 0 Å². The van der Waals surface area contributed by atoms with Gasteiger partial charge < -0.3 is 5.11 Å². The van der Waals surface area contributed by atoms with Crippen LogP contribution in [0.25, 0.3) is 0 Å². The Kier molecular flexibility index (Phi) is 4.76. The van der Waals surface area contributed by atoms with Gasteiger partial charge in [-0.25, -0.2) is 0 Å². The molecule has 0 bridgehead atoms. The zero-order chi connectivity index (χ0) is 13.1. The van der Waals surface area contributed by atoms with E-state index in [1.54, 1.807) is 0 Å². The van der Waals surface area contributed by atoms with Gasteiger partial charge in [-0.15, -0.1) is 0 Å². The Hall–Kier alpha value is -0.820. The summed E-state index contributed by atoms with van der Waals surface area (Å²) in [6.07, 6.45) is 0.957. The molecule has 1 heteroatoms. The summed E-state index contributed by atoms with van der Waals surface area (Å²) < 4.78 is 0. The van der Waals surface area contributed by atoms with E-state index in [4.69, 9.17) is 0 Å². The average molecular weight is 234 g/mol. The van der Waals surface area contributed by atoms with Gasteiger partial charge in [0.2, 0.25) is 0 Å². The summed E-state index contributed by atoms with van der Waals surface area (Å²) in [6, 6.07) is 8.81. The molecule has 0 aliphatic carbocycles. The third-order valence-electron chi connectivity index (χ3n) is 3.57. The molecule has 0 radical (unpaired) electrons. The first-order chi connectivity index (χ1) is 7.84. The van der Waals surface area contributed by atoms with Crippen molar-refractivity contribution in [2.45, 2.75) is 47.0 Å². The molecule has 0 spiro atoms. The van der Waals surface area contributed by atoms with Gasteiger partial charge in [-0.2, -0.15) is 0 Å². The molecule has 1 aromatic rings. The van der Waals surface area contributed by atoms with E-state index in [0.717, 1.165) is 6.42 Å². The monoisotopic (exact) mass is 234 g/mol. The predicted molar refractivity (Wildman–Crippen MR) is 74.3 cm³/mol. The number of benzene rings is 1. The largest absolute Gasteiger partial charge is 0.396 e. The fourth-order valence-corrected chi connectivity index (χ4v) is 1.97. The molecular formula is C16H26O. The Morgan fingerprint density at radius 3 is 1.94 bits per heavy atom. The zero-order valence-electron chi connectivity index (χ0n) is 11.8. The van der Waals surface area contributed by atoms with Gasteiger partial charge in [0, 0.05) is 6.61 Å². The molecule has 96 valence electrons. The number of rotatable bonds is 4. The second-order valence-electron chi connectivity index (χ2n) is 6.35. The lowest BCUT2D eigenvalue weighted by atomic mass is 9.77. The van der Waals surface area contributed by atoms with E-state index in [2.05, 4.69) is 58.9 Å². The fourth-order valence-electron chi connectivity index (χ4n) is 1.97. The standard InChI is InChI=1S/C16H26O/c1-12(2)14-8-6-13(7-9-14)10-15(11-17)16(3,4)5/h6-9,12,15,17H,10-11H2,1-5H3. The SMILES string of the molecule is CC(C)c1ccc(CC(CO)C(C)(C)C)cc1. The number of aliphatic hydroxyl groups is 1. The number of hydrogen-bond acceptors (Lipinski definition) is 1. The first-order valence-corrected chi connectivity index (χ1v) is 6.54. The minimum Gasteiger partial charge on any atom is -0.396 e. The predicted octanol–water partition coefficient (Wildman–Crippen LogP) is 4.01. The summed E-state index contributed by atoms with van der Waals surface area (Å²) in [4.78, 5) is 0.